The minimum atomic E-state index is -0.859. The molecule has 0 radical (unpaired) electrons. The number of nitrogens with zero attached hydrogens (tertiary/aromatic N) is 2. The van der Waals surface area contributed by atoms with E-state index in [9.17, 15) is 4.79 Å². The molecule has 1 aromatic heterocycles. The topological polar surface area (TPSA) is 119 Å². The van der Waals surface area contributed by atoms with Crippen LogP contribution in [0.5, 0.6) is 5.75 Å². The Bertz CT molecular complexity index is 1280. The largest absolute Gasteiger partial charge is 0.495 e. The molecule has 3 aromatic rings. The van der Waals surface area contributed by atoms with Crippen LogP contribution < -0.4 is 25.8 Å². The first-order chi connectivity index (χ1) is 19.9. The molecule has 0 aliphatic rings. The van der Waals surface area contributed by atoms with Gasteiger partial charge in [-0.1, -0.05) is 43.7 Å². The fourth-order valence-electron chi connectivity index (χ4n) is 3.64. The summed E-state index contributed by atoms with van der Waals surface area (Å²) in [5.41, 5.74) is 3.08. The normalized spacial score (nSPS) is 11.5. The molecule has 12 heteroatoms. The van der Waals surface area contributed by atoms with Gasteiger partial charge >= 0.3 is 0 Å². The van der Waals surface area contributed by atoms with Crippen LogP contribution in [0.3, 0.4) is 0 Å². The maximum atomic E-state index is 11.6. The summed E-state index contributed by atoms with van der Waals surface area (Å²) < 4.78 is 17.3. The van der Waals surface area contributed by atoms with Crippen LogP contribution in [0.15, 0.2) is 61.3 Å². The molecule has 0 fully saturated rings. The summed E-state index contributed by atoms with van der Waals surface area (Å²) in [5, 5.41) is 12.9. The Kier molecular flexibility index (Phi) is 13.8. The van der Waals surface area contributed by atoms with Gasteiger partial charge in [-0.2, -0.15) is 4.98 Å². The van der Waals surface area contributed by atoms with Crippen molar-refractivity contribution in [3.63, 3.8) is 0 Å². The molecule has 0 aliphatic heterocycles. The summed E-state index contributed by atoms with van der Waals surface area (Å²) in [6, 6.07) is 13.1. The number of halogens is 1. The van der Waals surface area contributed by atoms with E-state index in [2.05, 4.69) is 44.5 Å². The second-order valence-electron chi connectivity index (χ2n) is 8.78. The van der Waals surface area contributed by atoms with Gasteiger partial charge in [-0.05, 0) is 55.3 Å². The number of anilines is 5. The standard InChI is InChI=1S/C29H38ClN6O4P/c1-5-8-15-39-16-14-32-41(40-7-3)20-21-12-13-25(26(17-21)38-4)35-29-31-19-24(30)28(36-29)34-23-11-9-10-22(18-23)33-27(37)6-2/h6,9-13,17-19,32H,2,5,7-8,14-16,20H2,1,3-4H3,(H,33,37)(H2,31,34,35,36). The number of unbranched alkanes of at least 4 members (excludes halogenated alkanes) is 1. The van der Waals surface area contributed by atoms with Gasteiger partial charge in [-0.15, -0.1) is 0 Å². The molecular weight excluding hydrogens is 563 g/mol. The number of aromatic nitrogens is 2. The van der Waals surface area contributed by atoms with Gasteiger partial charge in [-0.3, -0.25) is 9.88 Å². The first-order valence-corrected chi connectivity index (χ1v) is 15.3. The average Bonchev–Trinajstić information content (AvgIpc) is 2.97. The van der Waals surface area contributed by atoms with E-state index < -0.39 is 8.30 Å². The number of nitrogens with one attached hydrogen (secondary N) is 4. The second-order valence-corrected chi connectivity index (χ2v) is 10.8. The lowest BCUT2D eigenvalue weighted by atomic mass is 10.2. The smallest absolute Gasteiger partial charge is 0.247 e. The molecule has 0 aliphatic carbocycles. The number of hydrogen-bond donors (Lipinski definition) is 4. The third-order valence-corrected chi connectivity index (χ3v) is 7.70. The van der Waals surface area contributed by atoms with E-state index in [4.69, 9.17) is 25.6 Å². The predicted octanol–water partition coefficient (Wildman–Crippen LogP) is 7.01. The Balaban J connectivity index is 1.67. The zero-order chi connectivity index (χ0) is 29.5. The molecule has 10 nitrogen and oxygen atoms in total. The van der Waals surface area contributed by atoms with Gasteiger partial charge in [0.15, 0.2) is 5.82 Å². The zero-order valence-electron chi connectivity index (χ0n) is 23.7. The quantitative estimate of drug-likeness (QED) is 0.0694. The van der Waals surface area contributed by atoms with Crippen LogP contribution in [-0.4, -0.2) is 49.4 Å². The molecule has 2 aromatic carbocycles. The van der Waals surface area contributed by atoms with Crippen molar-refractivity contribution >= 4 is 54.6 Å². The highest BCUT2D eigenvalue weighted by Gasteiger charge is 2.14. The first kappa shape index (κ1) is 32.2. The van der Waals surface area contributed by atoms with Gasteiger partial charge in [0, 0.05) is 37.3 Å². The highest BCUT2D eigenvalue weighted by molar-refractivity contribution is 7.49. The van der Waals surface area contributed by atoms with Crippen molar-refractivity contribution in [3.05, 3.63) is 71.9 Å². The van der Waals surface area contributed by atoms with E-state index >= 15 is 0 Å². The number of rotatable bonds is 18. The third kappa shape index (κ3) is 10.9. The molecule has 1 heterocycles. The average molecular weight is 601 g/mol. The van der Waals surface area contributed by atoms with Crippen LogP contribution in [0.2, 0.25) is 5.02 Å². The number of carbonyl (C=O) groups excluding carboxylic acids is 1. The van der Waals surface area contributed by atoms with E-state index in [1.54, 1.807) is 25.3 Å². The van der Waals surface area contributed by atoms with Crippen LogP contribution in [0.4, 0.5) is 28.8 Å². The summed E-state index contributed by atoms with van der Waals surface area (Å²) >= 11 is 6.37. The SMILES string of the molecule is C=CC(=O)Nc1cccc(Nc2nc(Nc3ccc(CP(NCCOCCCC)OCC)cc3OC)ncc2Cl)c1. The number of benzene rings is 2. The lowest BCUT2D eigenvalue weighted by Crippen LogP contribution is -2.17. The van der Waals surface area contributed by atoms with Gasteiger partial charge < -0.3 is 29.9 Å². The Labute approximate surface area is 248 Å². The van der Waals surface area contributed by atoms with E-state index in [-0.39, 0.29) is 5.91 Å². The Morgan fingerprint density at radius 3 is 2.71 bits per heavy atom. The number of ether oxygens (including phenoxy) is 2. The molecule has 3 rings (SSSR count). The molecule has 220 valence electrons. The van der Waals surface area contributed by atoms with Crippen LogP contribution in [-0.2, 0) is 20.2 Å². The van der Waals surface area contributed by atoms with Crippen molar-refractivity contribution in [2.45, 2.75) is 32.9 Å². The van der Waals surface area contributed by atoms with Crippen LogP contribution >= 0.6 is 19.9 Å². The monoisotopic (exact) mass is 600 g/mol. The highest BCUT2D eigenvalue weighted by atomic mass is 35.5. The number of hydrogen-bond acceptors (Lipinski definition) is 9. The summed E-state index contributed by atoms with van der Waals surface area (Å²) in [4.78, 5) is 20.5. The van der Waals surface area contributed by atoms with Crippen LogP contribution in [0, 0.1) is 0 Å². The Morgan fingerprint density at radius 1 is 1.12 bits per heavy atom. The van der Waals surface area contributed by atoms with E-state index in [0.29, 0.717) is 52.8 Å². The molecule has 4 N–H and O–H groups in total. The molecule has 0 saturated heterocycles. The molecule has 0 spiro atoms. The summed E-state index contributed by atoms with van der Waals surface area (Å²) in [6.45, 7) is 10.4. The summed E-state index contributed by atoms with van der Waals surface area (Å²) in [5.74, 6) is 1.09. The minimum Gasteiger partial charge on any atom is -0.495 e. The van der Waals surface area contributed by atoms with Crippen molar-refractivity contribution in [1.29, 1.82) is 0 Å². The molecule has 0 bridgehead atoms. The van der Waals surface area contributed by atoms with Crippen molar-refractivity contribution in [2.75, 3.05) is 49.4 Å². The Morgan fingerprint density at radius 2 is 1.95 bits per heavy atom. The Hall–Kier alpha value is -3.27. The molecule has 1 atom stereocenters. The third-order valence-electron chi connectivity index (χ3n) is 5.62. The van der Waals surface area contributed by atoms with Crippen molar-refractivity contribution in [2.24, 2.45) is 0 Å². The lowest BCUT2D eigenvalue weighted by molar-refractivity contribution is -0.111. The van der Waals surface area contributed by atoms with Crippen molar-refractivity contribution < 1.29 is 18.8 Å². The number of carbonyl (C=O) groups is 1. The van der Waals surface area contributed by atoms with Crippen LogP contribution in [0.1, 0.15) is 32.3 Å². The maximum absolute atomic E-state index is 11.6. The summed E-state index contributed by atoms with van der Waals surface area (Å²) in [6.07, 6.45) is 5.65. The van der Waals surface area contributed by atoms with Crippen LogP contribution in [0.25, 0.3) is 0 Å². The minimum absolute atomic E-state index is 0.299. The second kappa shape index (κ2) is 17.5. The predicted molar refractivity (Wildman–Crippen MR) is 168 cm³/mol. The zero-order valence-corrected chi connectivity index (χ0v) is 25.4. The molecule has 1 unspecified atom stereocenters. The van der Waals surface area contributed by atoms with Crippen molar-refractivity contribution in [3.8, 4) is 5.75 Å². The summed E-state index contributed by atoms with van der Waals surface area (Å²) in [7, 11) is 0.761. The fraction of sp³-hybridized carbons (Fsp3) is 0.345. The van der Waals surface area contributed by atoms with Gasteiger partial charge in [-0.25, -0.2) is 4.98 Å². The molecule has 41 heavy (non-hydrogen) atoms. The fourth-order valence-corrected chi connectivity index (χ4v) is 5.25. The van der Waals surface area contributed by atoms with E-state index in [0.717, 1.165) is 37.7 Å². The lowest BCUT2D eigenvalue weighted by Gasteiger charge is -2.19. The number of methoxy groups -OCH3 is 1. The molecule has 0 saturated carbocycles. The maximum Gasteiger partial charge on any atom is 0.247 e. The van der Waals surface area contributed by atoms with E-state index in [1.165, 1.54) is 12.3 Å². The van der Waals surface area contributed by atoms with Crippen molar-refractivity contribution in [1.82, 2.24) is 15.1 Å². The first-order valence-electron chi connectivity index (χ1n) is 13.4. The van der Waals surface area contributed by atoms with Gasteiger partial charge in [0.05, 0.1) is 25.6 Å². The highest BCUT2D eigenvalue weighted by Crippen LogP contribution is 2.38. The number of amides is 1. The molecule has 1 amide bonds. The van der Waals surface area contributed by atoms with Gasteiger partial charge in [0.1, 0.15) is 19.1 Å². The molecular formula is C29H38ClN6O4P. The van der Waals surface area contributed by atoms with Gasteiger partial charge in [0.2, 0.25) is 11.9 Å². The van der Waals surface area contributed by atoms with E-state index in [1.807, 2.05) is 31.2 Å². The van der Waals surface area contributed by atoms with Gasteiger partial charge in [0.25, 0.3) is 0 Å².